The van der Waals surface area contributed by atoms with Crippen molar-refractivity contribution in [2.24, 2.45) is 5.73 Å². The molecular formula is C12H17NO2S. The van der Waals surface area contributed by atoms with Gasteiger partial charge in [-0.3, -0.25) is 4.79 Å². The van der Waals surface area contributed by atoms with E-state index < -0.39 is 0 Å². The molecule has 0 aliphatic heterocycles. The summed E-state index contributed by atoms with van der Waals surface area (Å²) in [6.07, 6.45) is 0. The third kappa shape index (κ3) is 3.87. The Balaban J connectivity index is 2.74. The van der Waals surface area contributed by atoms with Gasteiger partial charge in [-0.15, -0.1) is 11.8 Å². The second-order valence-electron chi connectivity index (χ2n) is 3.20. The zero-order chi connectivity index (χ0) is 11.8. The lowest BCUT2D eigenvalue weighted by Crippen LogP contribution is -2.15. The van der Waals surface area contributed by atoms with Crippen LogP contribution in [0.2, 0.25) is 0 Å². The first kappa shape index (κ1) is 13.1. The van der Waals surface area contributed by atoms with Crippen LogP contribution in [0.1, 0.15) is 17.7 Å². The molecular weight excluding hydrogens is 222 g/mol. The predicted molar refractivity (Wildman–Crippen MR) is 67.3 cm³/mol. The van der Waals surface area contributed by atoms with Crippen LogP contribution in [0.25, 0.3) is 0 Å². The molecule has 1 rings (SSSR count). The first-order valence-corrected chi connectivity index (χ1v) is 6.37. The first-order chi connectivity index (χ1) is 7.79. The molecule has 3 nitrogen and oxygen atoms in total. The number of thioether (sulfide) groups is 1. The Hall–Kier alpha value is -1.00. The highest BCUT2D eigenvalue weighted by molar-refractivity contribution is 8.00. The van der Waals surface area contributed by atoms with Crippen LogP contribution < -0.4 is 5.73 Å². The largest absolute Gasteiger partial charge is 0.465 e. The lowest BCUT2D eigenvalue weighted by Gasteiger charge is -2.14. The Kier molecular flexibility index (Phi) is 5.96. The zero-order valence-corrected chi connectivity index (χ0v) is 10.2. The zero-order valence-electron chi connectivity index (χ0n) is 9.39. The van der Waals surface area contributed by atoms with Gasteiger partial charge in [0.1, 0.15) is 5.25 Å². The van der Waals surface area contributed by atoms with E-state index in [9.17, 15) is 4.79 Å². The molecule has 4 heteroatoms. The van der Waals surface area contributed by atoms with Gasteiger partial charge in [-0.1, -0.05) is 30.3 Å². The summed E-state index contributed by atoms with van der Waals surface area (Å²) in [5.74, 6) is 0.561. The summed E-state index contributed by atoms with van der Waals surface area (Å²) in [4.78, 5) is 11.8. The Morgan fingerprint density at radius 1 is 1.44 bits per heavy atom. The Morgan fingerprint density at radius 2 is 2.12 bits per heavy atom. The second kappa shape index (κ2) is 7.30. The van der Waals surface area contributed by atoms with E-state index in [1.807, 2.05) is 37.3 Å². The van der Waals surface area contributed by atoms with Gasteiger partial charge in [0.25, 0.3) is 0 Å². The fourth-order valence-corrected chi connectivity index (χ4v) is 2.26. The minimum atomic E-state index is -0.260. The lowest BCUT2D eigenvalue weighted by molar-refractivity contribution is -0.142. The van der Waals surface area contributed by atoms with Gasteiger partial charge in [0.2, 0.25) is 0 Å². The number of benzene rings is 1. The minimum Gasteiger partial charge on any atom is -0.465 e. The minimum absolute atomic E-state index is 0.188. The van der Waals surface area contributed by atoms with Crippen molar-refractivity contribution >= 4 is 17.7 Å². The van der Waals surface area contributed by atoms with E-state index >= 15 is 0 Å². The summed E-state index contributed by atoms with van der Waals surface area (Å²) >= 11 is 1.52. The van der Waals surface area contributed by atoms with Crippen LogP contribution in [0.3, 0.4) is 0 Å². The standard InChI is InChI=1S/C12H17NO2S/c1-2-15-12(14)11(16-9-8-13)10-6-4-3-5-7-10/h3-7,11H,2,8-9,13H2,1H3. The van der Waals surface area contributed by atoms with Crippen molar-refractivity contribution in [1.82, 2.24) is 0 Å². The van der Waals surface area contributed by atoms with Gasteiger partial charge in [-0.25, -0.2) is 0 Å². The number of carbonyl (C=O) groups is 1. The van der Waals surface area contributed by atoms with Crippen LogP contribution in [0, 0.1) is 0 Å². The number of nitrogens with two attached hydrogens (primary N) is 1. The van der Waals surface area contributed by atoms with Gasteiger partial charge < -0.3 is 10.5 Å². The third-order valence-electron chi connectivity index (χ3n) is 2.01. The number of rotatable bonds is 6. The van der Waals surface area contributed by atoms with Gasteiger partial charge in [-0.05, 0) is 12.5 Å². The van der Waals surface area contributed by atoms with Gasteiger partial charge >= 0.3 is 5.97 Å². The molecule has 0 bridgehead atoms. The molecule has 0 saturated heterocycles. The van der Waals surface area contributed by atoms with Crippen LogP contribution >= 0.6 is 11.8 Å². The van der Waals surface area contributed by atoms with Crippen LogP contribution in [0.5, 0.6) is 0 Å². The summed E-state index contributed by atoms with van der Waals surface area (Å²) in [6, 6.07) is 9.64. The van der Waals surface area contributed by atoms with E-state index in [1.165, 1.54) is 11.8 Å². The van der Waals surface area contributed by atoms with Crippen molar-refractivity contribution in [3.05, 3.63) is 35.9 Å². The predicted octanol–water partition coefficient (Wildman–Crippen LogP) is 1.98. The van der Waals surface area contributed by atoms with Crippen LogP contribution in [0.15, 0.2) is 30.3 Å². The molecule has 0 aliphatic rings. The SMILES string of the molecule is CCOC(=O)C(SCCN)c1ccccc1. The van der Waals surface area contributed by atoms with Crippen LogP contribution in [0.4, 0.5) is 0 Å². The maximum atomic E-state index is 11.8. The highest BCUT2D eigenvalue weighted by Gasteiger charge is 2.21. The van der Waals surface area contributed by atoms with E-state index in [2.05, 4.69) is 0 Å². The normalized spacial score (nSPS) is 12.1. The summed E-state index contributed by atoms with van der Waals surface area (Å²) in [5.41, 5.74) is 6.43. The van der Waals surface area contributed by atoms with Crippen molar-refractivity contribution < 1.29 is 9.53 Å². The number of carbonyl (C=O) groups excluding carboxylic acids is 1. The van der Waals surface area contributed by atoms with E-state index in [4.69, 9.17) is 10.5 Å². The Bertz CT molecular complexity index is 316. The molecule has 1 unspecified atom stereocenters. The van der Waals surface area contributed by atoms with Crippen molar-refractivity contribution in [2.45, 2.75) is 12.2 Å². The average Bonchev–Trinajstić information content (AvgIpc) is 2.31. The van der Waals surface area contributed by atoms with Crippen LogP contribution in [-0.4, -0.2) is 24.9 Å². The molecule has 0 fully saturated rings. The smallest absolute Gasteiger partial charge is 0.323 e. The molecule has 0 heterocycles. The van der Waals surface area contributed by atoms with Gasteiger partial charge in [0.05, 0.1) is 6.61 Å². The summed E-state index contributed by atoms with van der Waals surface area (Å²) in [7, 11) is 0. The monoisotopic (exact) mass is 239 g/mol. The molecule has 0 saturated carbocycles. The molecule has 0 aliphatic carbocycles. The maximum absolute atomic E-state index is 11.8. The second-order valence-corrected chi connectivity index (χ2v) is 4.42. The van der Waals surface area contributed by atoms with Crippen molar-refractivity contribution in [2.75, 3.05) is 18.9 Å². The fourth-order valence-electron chi connectivity index (χ4n) is 1.33. The lowest BCUT2D eigenvalue weighted by atomic mass is 10.1. The van der Waals surface area contributed by atoms with Crippen molar-refractivity contribution in [3.63, 3.8) is 0 Å². The summed E-state index contributed by atoms with van der Waals surface area (Å²) in [6.45, 7) is 2.78. The number of esters is 1. The number of hydrogen-bond donors (Lipinski definition) is 1. The molecule has 0 spiro atoms. The van der Waals surface area contributed by atoms with Gasteiger partial charge in [0.15, 0.2) is 0 Å². The topological polar surface area (TPSA) is 52.3 Å². The molecule has 1 aromatic carbocycles. The highest BCUT2D eigenvalue weighted by atomic mass is 32.2. The quantitative estimate of drug-likeness (QED) is 0.771. The first-order valence-electron chi connectivity index (χ1n) is 5.32. The van der Waals surface area contributed by atoms with Crippen LogP contribution in [-0.2, 0) is 9.53 Å². The molecule has 0 radical (unpaired) electrons. The van der Waals surface area contributed by atoms with E-state index in [1.54, 1.807) is 0 Å². The average molecular weight is 239 g/mol. The Morgan fingerprint density at radius 3 is 2.69 bits per heavy atom. The van der Waals surface area contributed by atoms with Gasteiger partial charge in [-0.2, -0.15) is 0 Å². The summed E-state index contributed by atoms with van der Waals surface area (Å²) in [5, 5.41) is -0.260. The molecule has 88 valence electrons. The van der Waals surface area contributed by atoms with Crippen molar-refractivity contribution in [1.29, 1.82) is 0 Å². The third-order valence-corrected chi connectivity index (χ3v) is 3.27. The fraction of sp³-hybridized carbons (Fsp3) is 0.417. The molecule has 1 atom stereocenters. The molecule has 16 heavy (non-hydrogen) atoms. The van der Waals surface area contributed by atoms with E-state index in [0.717, 1.165) is 11.3 Å². The van der Waals surface area contributed by atoms with Crippen molar-refractivity contribution in [3.8, 4) is 0 Å². The maximum Gasteiger partial charge on any atom is 0.323 e. The summed E-state index contributed by atoms with van der Waals surface area (Å²) < 4.78 is 5.05. The molecule has 2 N–H and O–H groups in total. The molecule has 0 aromatic heterocycles. The molecule has 1 aromatic rings. The molecule has 0 amide bonds. The number of ether oxygens (including phenoxy) is 1. The van der Waals surface area contributed by atoms with E-state index in [-0.39, 0.29) is 11.2 Å². The highest BCUT2D eigenvalue weighted by Crippen LogP contribution is 2.29. The van der Waals surface area contributed by atoms with E-state index in [0.29, 0.717) is 13.2 Å². The van der Waals surface area contributed by atoms with Gasteiger partial charge in [0, 0.05) is 12.3 Å². The number of hydrogen-bond acceptors (Lipinski definition) is 4. The Labute approximate surface area is 100 Å².